The summed E-state index contributed by atoms with van der Waals surface area (Å²) in [5.41, 5.74) is 2.68. The van der Waals surface area contributed by atoms with E-state index in [4.69, 9.17) is 0 Å². The van der Waals surface area contributed by atoms with Crippen molar-refractivity contribution in [3.05, 3.63) is 29.8 Å². The molecule has 1 aromatic carbocycles. The number of benzene rings is 1. The van der Waals surface area contributed by atoms with Gasteiger partial charge in [-0.1, -0.05) is 12.1 Å². The van der Waals surface area contributed by atoms with E-state index in [9.17, 15) is 5.11 Å². The van der Waals surface area contributed by atoms with Crippen molar-refractivity contribution in [1.82, 2.24) is 4.90 Å². The summed E-state index contributed by atoms with van der Waals surface area (Å²) in [5.74, 6) is 0.449. The largest absolute Gasteiger partial charge is 0.393 e. The number of hydrogen-bond acceptors (Lipinski definition) is 3. The molecule has 0 spiro atoms. The fraction of sp³-hybridized carbons (Fsp3) is 0.647. The number of aliphatic hydroxyl groups excluding tert-OH is 1. The Morgan fingerprint density at radius 2 is 1.90 bits per heavy atom. The zero-order valence-electron chi connectivity index (χ0n) is 13.0. The van der Waals surface area contributed by atoms with Crippen molar-refractivity contribution in [1.29, 1.82) is 0 Å². The van der Waals surface area contributed by atoms with Crippen LogP contribution in [0.5, 0.6) is 0 Å². The lowest BCUT2D eigenvalue weighted by molar-refractivity contribution is 0.127. The molecule has 1 saturated heterocycles. The average molecular weight is 276 g/mol. The number of hydrogen-bond donors (Lipinski definition) is 1. The highest BCUT2D eigenvalue weighted by atomic mass is 16.3. The molecule has 2 unspecified atom stereocenters. The third-order valence-corrected chi connectivity index (χ3v) is 4.46. The lowest BCUT2D eigenvalue weighted by atomic mass is 10.0. The van der Waals surface area contributed by atoms with Gasteiger partial charge in [-0.25, -0.2) is 0 Å². The van der Waals surface area contributed by atoms with E-state index in [0.717, 1.165) is 39.1 Å². The van der Waals surface area contributed by atoms with Crippen molar-refractivity contribution in [2.45, 2.75) is 39.8 Å². The molecule has 3 heteroatoms. The summed E-state index contributed by atoms with van der Waals surface area (Å²) >= 11 is 0. The summed E-state index contributed by atoms with van der Waals surface area (Å²) in [6.45, 7) is 11.5. The van der Waals surface area contributed by atoms with Gasteiger partial charge in [0, 0.05) is 31.9 Å². The third kappa shape index (κ3) is 3.74. The summed E-state index contributed by atoms with van der Waals surface area (Å²) in [4.78, 5) is 4.81. The van der Waals surface area contributed by atoms with Crippen LogP contribution in [0.2, 0.25) is 0 Å². The van der Waals surface area contributed by atoms with Gasteiger partial charge in [0.05, 0.1) is 6.10 Å². The molecule has 1 N–H and O–H groups in total. The second-order valence-corrected chi connectivity index (χ2v) is 5.86. The summed E-state index contributed by atoms with van der Waals surface area (Å²) in [7, 11) is 0. The van der Waals surface area contributed by atoms with E-state index in [1.807, 2.05) is 6.92 Å². The zero-order valence-corrected chi connectivity index (χ0v) is 13.0. The molecule has 0 aliphatic carbocycles. The van der Waals surface area contributed by atoms with E-state index in [1.165, 1.54) is 11.3 Å². The Labute approximate surface area is 123 Å². The molecule has 20 heavy (non-hydrogen) atoms. The average Bonchev–Trinajstić information content (AvgIpc) is 2.91. The first-order valence-electron chi connectivity index (χ1n) is 7.88. The van der Waals surface area contributed by atoms with E-state index in [0.29, 0.717) is 5.92 Å². The smallest absolute Gasteiger partial charge is 0.0552 e. The van der Waals surface area contributed by atoms with Crippen molar-refractivity contribution < 1.29 is 5.11 Å². The minimum Gasteiger partial charge on any atom is -0.393 e. The van der Waals surface area contributed by atoms with Crippen LogP contribution in [-0.4, -0.2) is 42.3 Å². The van der Waals surface area contributed by atoms with Gasteiger partial charge in [0.2, 0.25) is 0 Å². The van der Waals surface area contributed by atoms with Gasteiger partial charge >= 0.3 is 0 Å². The van der Waals surface area contributed by atoms with Gasteiger partial charge in [-0.2, -0.15) is 0 Å². The number of rotatable bonds is 6. The van der Waals surface area contributed by atoms with E-state index in [1.54, 1.807) is 0 Å². The summed E-state index contributed by atoms with van der Waals surface area (Å²) < 4.78 is 0. The highest BCUT2D eigenvalue weighted by Gasteiger charge is 2.25. The van der Waals surface area contributed by atoms with Gasteiger partial charge in [-0.3, -0.25) is 4.90 Å². The highest BCUT2D eigenvalue weighted by molar-refractivity contribution is 5.47. The minimum absolute atomic E-state index is 0.176. The lowest BCUT2D eigenvalue weighted by Crippen LogP contribution is -2.24. The van der Waals surface area contributed by atoms with Crippen molar-refractivity contribution in [3.8, 4) is 0 Å². The van der Waals surface area contributed by atoms with Crippen LogP contribution in [0.4, 0.5) is 5.69 Å². The molecule has 0 aromatic heterocycles. The molecule has 0 bridgehead atoms. The van der Waals surface area contributed by atoms with Crippen LogP contribution in [0.1, 0.15) is 32.8 Å². The van der Waals surface area contributed by atoms with Crippen LogP contribution >= 0.6 is 0 Å². The molecule has 112 valence electrons. The molecule has 2 atom stereocenters. The molecule has 1 fully saturated rings. The maximum atomic E-state index is 9.66. The van der Waals surface area contributed by atoms with Crippen LogP contribution < -0.4 is 4.90 Å². The Morgan fingerprint density at radius 3 is 2.40 bits per heavy atom. The minimum atomic E-state index is -0.176. The summed E-state index contributed by atoms with van der Waals surface area (Å²) in [6, 6.07) is 8.93. The Morgan fingerprint density at radius 1 is 1.25 bits per heavy atom. The monoisotopic (exact) mass is 276 g/mol. The molecule has 0 saturated carbocycles. The molecule has 1 aliphatic rings. The van der Waals surface area contributed by atoms with Crippen LogP contribution in [0.25, 0.3) is 0 Å². The maximum absolute atomic E-state index is 9.66. The number of anilines is 1. The molecular weight excluding hydrogens is 248 g/mol. The zero-order chi connectivity index (χ0) is 14.5. The molecule has 2 rings (SSSR count). The Bertz CT molecular complexity index is 398. The first-order valence-corrected chi connectivity index (χ1v) is 7.88. The number of nitrogens with zero attached hydrogens (tertiary/aromatic N) is 2. The number of likely N-dealkylation sites (tertiary alicyclic amines) is 1. The van der Waals surface area contributed by atoms with Gasteiger partial charge in [0.25, 0.3) is 0 Å². The van der Waals surface area contributed by atoms with Gasteiger partial charge in [-0.15, -0.1) is 0 Å². The summed E-state index contributed by atoms with van der Waals surface area (Å²) in [6.07, 6.45) is 0.944. The second-order valence-electron chi connectivity index (χ2n) is 5.86. The van der Waals surface area contributed by atoms with Crippen molar-refractivity contribution in [2.24, 2.45) is 5.92 Å². The van der Waals surface area contributed by atoms with Crippen molar-refractivity contribution >= 4 is 5.69 Å². The summed E-state index contributed by atoms with van der Waals surface area (Å²) in [5, 5.41) is 9.66. The van der Waals surface area contributed by atoms with Gasteiger partial charge in [0.15, 0.2) is 0 Å². The normalized spacial score (nSPS) is 21.1. The van der Waals surface area contributed by atoms with Gasteiger partial charge < -0.3 is 10.0 Å². The first-order chi connectivity index (χ1) is 9.63. The fourth-order valence-corrected chi connectivity index (χ4v) is 3.06. The van der Waals surface area contributed by atoms with Crippen molar-refractivity contribution in [2.75, 3.05) is 31.1 Å². The second kappa shape index (κ2) is 7.09. The van der Waals surface area contributed by atoms with Crippen LogP contribution in [0.3, 0.4) is 0 Å². The SMILES string of the molecule is CCN(CC)c1ccc(CN2CCC(C(C)O)C2)cc1. The molecule has 0 amide bonds. The predicted molar refractivity (Wildman–Crippen MR) is 85.1 cm³/mol. The molecule has 0 radical (unpaired) electrons. The van der Waals surface area contributed by atoms with Crippen LogP contribution in [-0.2, 0) is 6.54 Å². The maximum Gasteiger partial charge on any atom is 0.0552 e. The van der Waals surface area contributed by atoms with Crippen molar-refractivity contribution in [3.63, 3.8) is 0 Å². The topological polar surface area (TPSA) is 26.7 Å². The third-order valence-electron chi connectivity index (χ3n) is 4.46. The molecular formula is C17H28N2O. The van der Waals surface area contributed by atoms with E-state index in [2.05, 4.69) is 47.9 Å². The fourth-order valence-electron chi connectivity index (χ4n) is 3.06. The van der Waals surface area contributed by atoms with Crippen LogP contribution in [0, 0.1) is 5.92 Å². The van der Waals surface area contributed by atoms with Crippen LogP contribution in [0.15, 0.2) is 24.3 Å². The van der Waals surface area contributed by atoms with Gasteiger partial charge in [-0.05, 0) is 57.4 Å². The van der Waals surface area contributed by atoms with E-state index < -0.39 is 0 Å². The quantitative estimate of drug-likeness (QED) is 0.865. The lowest BCUT2D eigenvalue weighted by Gasteiger charge is -2.22. The molecule has 1 aromatic rings. The van der Waals surface area contributed by atoms with Gasteiger partial charge in [0.1, 0.15) is 0 Å². The first kappa shape index (κ1) is 15.3. The highest BCUT2D eigenvalue weighted by Crippen LogP contribution is 2.22. The Balaban J connectivity index is 1.91. The molecule has 1 aliphatic heterocycles. The predicted octanol–water partition coefficient (Wildman–Crippen LogP) is 2.74. The molecule has 3 nitrogen and oxygen atoms in total. The standard InChI is InChI=1S/C17H28N2O/c1-4-19(5-2)17-8-6-15(7-9-17)12-18-11-10-16(13-18)14(3)20/h6-9,14,16,20H,4-5,10-13H2,1-3H3. The van der Waals surface area contributed by atoms with E-state index >= 15 is 0 Å². The van der Waals surface area contributed by atoms with E-state index in [-0.39, 0.29) is 6.10 Å². The number of aliphatic hydroxyl groups is 1. The molecule has 1 heterocycles. The Kier molecular flexibility index (Phi) is 5.44. The Hall–Kier alpha value is -1.06.